The third-order valence-corrected chi connectivity index (χ3v) is 4.78. The highest BCUT2D eigenvalue weighted by Gasteiger charge is 2.36. The first-order chi connectivity index (χ1) is 13.6. The van der Waals surface area contributed by atoms with Crippen molar-refractivity contribution in [3.63, 3.8) is 0 Å². The van der Waals surface area contributed by atoms with Gasteiger partial charge in [0.05, 0.1) is 5.92 Å². The summed E-state index contributed by atoms with van der Waals surface area (Å²) in [4.78, 5) is 26.3. The smallest absolute Gasteiger partial charge is 0.311 e. The number of carbonyl (C=O) groups is 2. The van der Waals surface area contributed by atoms with Gasteiger partial charge in [-0.15, -0.1) is 0 Å². The molecule has 4 rings (SSSR count). The predicted octanol–water partition coefficient (Wildman–Crippen LogP) is 3.75. The summed E-state index contributed by atoms with van der Waals surface area (Å²) in [6, 6.07) is 19.0. The van der Waals surface area contributed by atoms with E-state index >= 15 is 0 Å². The Labute approximate surface area is 162 Å². The van der Waals surface area contributed by atoms with Crippen molar-refractivity contribution < 1.29 is 18.8 Å². The quantitative estimate of drug-likeness (QED) is 0.634. The zero-order chi connectivity index (χ0) is 19.5. The largest absolute Gasteiger partial charge is 0.459 e. The fourth-order valence-electron chi connectivity index (χ4n) is 3.22. The van der Waals surface area contributed by atoms with Crippen LogP contribution in [0, 0.1) is 12.8 Å². The van der Waals surface area contributed by atoms with E-state index in [0.717, 1.165) is 16.8 Å². The summed E-state index contributed by atoms with van der Waals surface area (Å²) in [6.45, 7) is 2.36. The van der Waals surface area contributed by atoms with Gasteiger partial charge in [-0.05, 0) is 19.1 Å². The van der Waals surface area contributed by atoms with Crippen LogP contribution < -0.4 is 4.90 Å². The Kier molecular flexibility index (Phi) is 4.93. The summed E-state index contributed by atoms with van der Waals surface area (Å²) < 4.78 is 10.7. The highest BCUT2D eigenvalue weighted by molar-refractivity contribution is 5.99. The Hall–Kier alpha value is -3.41. The lowest BCUT2D eigenvalue weighted by Crippen LogP contribution is -2.26. The average molecular weight is 376 g/mol. The van der Waals surface area contributed by atoms with E-state index in [1.807, 2.05) is 61.5 Å². The minimum Gasteiger partial charge on any atom is -0.459 e. The zero-order valence-corrected chi connectivity index (χ0v) is 15.5. The Morgan fingerprint density at radius 1 is 1.18 bits per heavy atom. The second kappa shape index (κ2) is 7.68. The molecule has 6 nitrogen and oxygen atoms in total. The van der Waals surface area contributed by atoms with E-state index in [0.29, 0.717) is 18.0 Å². The van der Waals surface area contributed by atoms with Gasteiger partial charge < -0.3 is 14.2 Å². The second-order valence-electron chi connectivity index (χ2n) is 6.90. The molecule has 1 fully saturated rings. The zero-order valence-electron chi connectivity index (χ0n) is 15.5. The van der Waals surface area contributed by atoms with Crippen LogP contribution in [0.1, 0.15) is 17.7 Å². The van der Waals surface area contributed by atoms with Gasteiger partial charge in [-0.25, -0.2) is 0 Å². The molecular formula is C22H20N2O4. The van der Waals surface area contributed by atoms with Gasteiger partial charge in [-0.1, -0.05) is 53.2 Å². The van der Waals surface area contributed by atoms with Crippen LogP contribution >= 0.6 is 0 Å². The first-order valence-corrected chi connectivity index (χ1v) is 9.15. The average Bonchev–Trinajstić information content (AvgIpc) is 3.34. The molecule has 0 saturated carbocycles. The number of rotatable bonds is 5. The molecule has 0 bridgehead atoms. The molecule has 3 aromatic rings. The van der Waals surface area contributed by atoms with Gasteiger partial charge in [-0.3, -0.25) is 9.59 Å². The second-order valence-corrected chi connectivity index (χ2v) is 6.90. The topological polar surface area (TPSA) is 72.6 Å². The maximum absolute atomic E-state index is 12.4. The van der Waals surface area contributed by atoms with Crippen LogP contribution in [0.3, 0.4) is 0 Å². The minimum atomic E-state index is -0.476. The lowest BCUT2D eigenvalue weighted by atomic mass is 10.1. The molecular weight excluding hydrogens is 356 g/mol. The van der Waals surface area contributed by atoms with Crippen LogP contribution in [-0.4, -0.2) is 23.6 Å². The van der Waals surface area contributed by atoms with Crippen LogP contribution in [0.4, 0.5) is 5.69 Å². The normalized spacial score (nSPS) is 16.4. The van der Waals surface area contributed by atoms with Crippen molar-refractivity contribution >= 4 is 17.6 Å². The molecule has 0 radical (unpaired) electrons. The number of benzene rings is 2. The molecule has 0 aliphatic carbocycles. The Morgan fingerprint density at radius 2 is 1.93 bits per heavy atom. The standard InChI is InChI=1S/C22H20N2O4/c1-15-7-9-16(10-8-15)20-12-18(23-28-20)14-27-22(26)17-11-21(25)24(13-17)19-5-3-2-4-6-19/h2-10,12,17H,11,13-14H2,1H3. The summed E-state index contributed by atoms with van der Waals surface area (Å²) in [5.41, 5.74) is 3.40. The first kappa shape index (κ1) is 18.0. The summed E-state index contributed by atoms with van der Waals surface area (Å²) >= 11 is 0. The molecule has 1 unspecified atom stereocenters. The number of hydrogen-bond donors (Lipinski definition) is 0. The number of hydrogen-bond acceptors (Lipinski definition) is 5. The van der Waals surface area contributed by atoms with Crippen LogP contribution in [0.5, 0.6) is 0 Å². The number of para-hydroxylation sites is 1. The van der Waals surface area contributed by atoms with E-state index in [2.05, 4.69) is 5.16 Å². The molecule has 1 atom stereocenters. The molecule has 0 spiro atoms. The number of carbonyl (C=O) groups excluding carboxylic acids is 2. The van der Waals surface area contributed by atoms with E-state index < -0.39 is 11.9 Å². The fraction of sp³-hybridized carbons (Fsp3) is 0.227. The Balaban J connectivity index is 1.35. The molecule has 0 N–H and O–H groups in total. The summed E-state index contributed by atoms with van der Waals surface area (Å²) in [7, 11) is 0. The van der Waals surface area contributed by atoms with Crippen molar-refractivity contribution in [3.8, 4) is 11.3 Å². The third kappa shape index (κ3) is 3.81. The number of nitrogens with zero attached hydrogens (tertiary/aromatic N) is 2. The van der Waals surface area contributed by atoms with Gasteiger partial charge >= 0.3 is 5.97 Å². The highest BCUT2D eigenvalue weighted by Crippen LogP contribution is 2.26. The lowest BCUT2D eigenvalue weighted by molar-refractivity contribution is -0.149. The van der Waals surface area contributed by atoms with Gasteiger partial charge in [0.25, 0.3) is 0 Å². The Bertz CT molecular complexity index is 979. The SMILES string of the molecule is Cc1ccc(-c2cc(COC(=O)C3CC(=O)N(c4ccccc4)C3)no2)cc1. The van der Waals surface area contributed by atoms with E-state index in [1.165, 1.54) is 0 Å². The van der Waals surface area contributed by atoms with E-state index in [1.54, 1.807) is 11.0 Å². The van der Waals surface area contributed by atoms with E-state index in [-0.39, 0.29) is 18.9 Å². The van der Waals surface area contributed by atoms with Crippen molar-refractivity contribution in [1.82, 2.24) is 5.16 Å². The van der Waals surface area contributed by atoms with Crippen molar-refractivity contribution in [3.05, 3.63) is 71.9 Å². The van der Waals surface area contributed by atoms with Gasteiger partial charge in [0.2, 0.25) is 5.91 Å². The maximum Gasteiger partial charge on any atom is 0.311 e. The molecule has 1 aromatic heterocycles. The number of aryl methyl sites for hydroxylation is 1. The first-order valence-electron chi connectivity index (χ1n) is 9.15. The monoisotopic (exact) mass is 376 g/mol. The summed E-state index contributed by atoms with van der Waals surface area (Å²) in [5, 5.41) is 3.96. The third-order valence-electron chi connectivity index (χ3n) is 4.78. The predicted molar refractivity (Wildman–Crippen MR) is 103 cm³/mol. The number of esters is 1. The van der Waals surface area contributed by atoms with Crippen molar-refractivity contribution in [2.75, 3.05) is 11.4 Å². The molecule has 1 aliphatic rings. The molecule has 1 amide bonds. The lowest BCUT2D eigenvalue weighted by Gasteiger charge is -2.16. The van der Waals surface area contributed by atoms with Gasteiger partial charge in [0.1, 0.15) is 12.3 Å². The van der Waals surface area contributed by atoms with Crippen LogP contribution in [0.2, 0.25) is 0 Å². The van der Waals surface area contributed by atoms with E-state index in [9.17, 15) is 9.59 Å². The number of anilines is 1. The highest BCUT2D eigenvalue weighted by atomic mass is 16.5. The molecule has 6 heteroatoms. The van der Waals surface area contributed by atoms with Gasteiger partial charge in [-0.2, -0.15) is 0 Å². The maximum atomic E-state index is 12.4. The molecule has 2 heterocycles. The Morgan fingerprint density at radius 3 is 2.68 bits per heavy atom. The molecule has 142 valence electrons. The fourth-order valence-corrected chi connectivity index (χ4v) is 3.22. The van der Waals surface area contributed by atoms with Crippen molar-refractivity contribution in [2.45, 2.75) is 20.0 Å². The van der Waals surface area contributed by atoms with Gasteiger partial charge in [0.15, 0.2) is 5.76 Å². The number of aromatic nitrogens is 1. The van der Waals surface area contributed by atoms with Crippen LogP contribution in [-0.2, 0) is 20.9 Å². The minimum absolute atomic E-state index is 0.0181. The molecule has 28 heavy (non-hydrogen) atoms. The number of amides is 1. The number of ether oxygens (including phenoxy) is 1. The van der Waals surface area contributed by atoms with Crippen LogP contribution in [0.25, 0.3) is 11.3 Å². The summed E-state index contributed by atoms with van der Waals surface area (Å²) in [5.74, 6) is -0.323. The molecule has 1 saturated heterocycles. The molecule has 1 aliphatic heterocycles. The van der Waals surface area contributed by atoms with Crippen molar-refractivity contribution in [1.29, 1.82) is 0 Å². The molecule has 2 aromatic carbocycles. The van der Waals surface area contributed by atoms with E-state index in [4.69, 9.17) is 9.26 Å². The summed E-state index contributed by atoms with van der Waals surface area (Å²) in [6.07, 6.45) is 0.154. The van der Waals surface area contributed by atoms with Crippen molar-refractivity contribution in [2.24, 2.45) is 5.92 Å². The van der Waals surface area contributed by atoms with Crippen LogP contribution in [0.15, 0.2) is 65.2 Å². The van der Waals surface area contributed by atoms with Gasteiger partial charge in [0, 0.05) is 30.3 Å².